The molecule has 0 aliphatic carbocycles. The summed E-state index contributed by atoms with van der Waals surface area (Å²) >= 11 is 11.3. The number of rotatable bonds is 3. The van der Waals surface area contributed by atoms with Crippen molar-refractivity contribution in [1.29, 1.82) is 0 Å². The van der Waals surface area contributed by atoms with Crippen molar-refractivity contribution in [2.75, 3.05) is 5.32 Å². The van der Waals surface area contributed by atoms with Crippen LogP contribution in [0.25, 0.3) is 0 Å². The van der Waals surface area contributed by atoms with E-state index in [1.54, 1.807) is 11.3 Å². The maximum Gasteiger partial charge on any atom is 0.0648 e. The summed E-state index contributed by atoms with van der Waals surface area (Å²) in [6, 6.07) is 7.99. The molecule has 16 heavy (non-hydrogen) atoms. The summed E-state index contributed by atoms with van der Waals surface area (Å²) in [6.07, 6.45) is 0. The van der Waals surface area contributed by atoms with Gasteiger partial charge in [0.25, 0.3) is 0 Å². The molecule has 1 nitrogen and oxygen atoms in total. The molecule has 0 spiro atoms. The summed E-state index contributed by atoms with van der Waals surface area (Å²) in [5.41, 5.74) is 2.29. The Hall–Kier alpha value is -0.510. The lowest BCUT2D eigenvalue weighted by Gasteiger charge is -2.08. The molecule has 0 unspecified atom stereocenters. The first kappa shape index (κ1) is 12.0. The Labute approximate surface area is 113 Å². The molecule has 1 aromatic heterocycles. The van der Waals surface area contributed by atoms with Crippen molar-refractivity contribution in [2.45, 2.75) is 13.5 Å². The average molecular weight is 317 g/mol. The number of hydrogen-bond acceptors (Lipinski definition) is 2. The van der Waals surface area contributed by atoms with Crippen LogP contribution in [0.15, 0.2) is 34.1 Å². The van der Waals surface area contributed by atoms with Gasteiger partial charge in [-0.05, 0) is 42.1 Å². The summed E-state index contributed by atoms with van der Waals surface area (Å²) in [5.74, 6) is 0. The minimum atomic E-state index is 0.739. The quantitative estimate of drug-likeness (QED) is 0.832. The van der Waals surface area contributed by atoms with E-state index in [1.807, 2.05) is 18.2 Å². The van der Waals surface area contributed by atoms with Gasteiger partial charge in [-0.15, -0.1) is 11.3 Å². The first-order chi connectivity index (χ1) is 7.66. The maximum absolute atomic E-state index is 6.12. The third-order valence-electron chi connectivity index (χ3n) is 2.34. The van der Waals surface area contributed by atoms with E-state index in [2.05, 4.69) is 39.6 Å². The minimum absolute atomic E-state index is 0.739. The predicted octanol–water partition coefficient (Wildman–Crippen LogP) is 5.08. The predicted molar refractivity (Wildman–Crippen MR) is 75.5 cm³/mol. The first-order valence-corrected chi connectivity index (χ1v) is 6.94. The number of halogens is 2. The largest absolute Gasteiger partial charge is 0.379 e. The van der Waals surface area contributed by atoms with Gasteiger partial charge < -0.3 is 5.32 Å². The van der Waals surface area contributed by atoms with Crippen LogP contribution in [0, 0.1) is 6.92 Å². The number of benzene rings is 1. The minimum Gasteiger partial charge on any atom is -0.379 e. The summed E-state index contributed by atoms with van der Waals surface area (Å²) in [4.78, 5) is 1.35. The smallest absolute Gasteiger partial charge is 0.0648 e. The van der Waals surface area contributed by atoms with Gasteiger partial charge in [-0.2, -0.15) is 0 Å². The third kappa shape index (κ3) is 2.78. The van der Waals surface area contributed by atoms with Crippen molar-refractivity contribution in [3.8, 4) is 0 Å². The van der Waals surface area contributed by atoms with E-state index in [4.69, 9.17) is 11.6 Å². The Morgan fingerprint density at radius 2 is 2.19 bits per heavy atom. The van der Waals surface area contributed by atoms with Crippen molar-refractivity contribution in [2.24, 2.45) is 0 Å². The Morgan fingerprint density at radius 3 is 2.81 bits per heavy atom. The molecular weight excluding hydrogens is 306 g/mol. The van der Waals surface area contributed by atoms with Crippen molar-refractivity contribution in [3.05, 3.63) is 49.6 Å². The molecule has 1 aromatic carbocycles. The second-order valence-electron chi connectivity index (χ2n) is 3.50. The third-order valence-corrected chi connectivity index (χ3v) is 4.17. The van der Waals surface area contributed by atoms with E-state index in [0.29, 0.717) is 0 Å². The van der Waals surface area contributed by atoms with E-state index in [9.17, 15) is 0 Å². The average Bonchev–Trinajstić information content (AvgIpc) is 2.63. The molecule has 2 aromatic rings. The molecule has 0 aliphatic rings. The van der Waals surface area contributed by atoms with Crippen molar-refractivity contribution in [3.63, 3.8) is 0 Å². The zero-order valence-corrected chi connectivity index (χ0v) is 11.9. The van der Waals surface area contributed by atoms with Crippen LogP contribution in [0.1, 0.15) is 10.4 Å². The molecule has 1 N–H and O–H groups in total. The molecule has 0 fully saturated rings. The van der Waals surface area contributed by atoms with Gasteiger partial charge in [-0.1, -0.05) is 27.5 Å². The number of anilines is 1. The lowest BCUT2D eigenvalue weighted by molar-refractivity contribution is 1.17. The lowest BCUT2D eigenvalue weighted by atomic mass is 10.2. The molecule has 0 aliphatic heterocycles. The highest BCUT2D eigenvalue weighted by Gasteiger charge is 2.03. The van der Waals surface area contributed by atoms with E-state index >= 15 is 0 Å². The molecule has 0 bridgehead atoms. The summed E-state index contributed by atoms with van der Waals surface area (Å²) in [7, 11) is 0. The summed E-state index contributed by atoms with van der Waals surface area (Å²) in [6.45, 7) is 2.95. The monoisotopic (exact) mass is 315 g/mol. The van der Waals surface area contributed by atoms with Crippen LogP contribution < -0.4 is 5.32 Å². The van der Waals surface area contributed by atoms with Crippen LogP contribution in [0.2, 0.25) is 5.02 Å². The van der Waals surface area contributed by atoms with Crippen LogP contribution in [-0.4, -0.2) is 0 Å². The molecule has 0 saturated heterocycles. The number of thiophene rings is 1. The van der Waals surface area contributed by atoms with Gasteiger partial charge in [0, 0.05) is 15.9 Å². The molecule has 0 saturated carbocycles. The fourth-order valence-corrected chi connectivity index (χ4v) is 2.98. The Balaban J connectivity index is 2.08. The van der Waals surface area contributed by atoms with Gasteiger partial charge in [0.05, 0.1) is 10.7 Å². The van der Waals surface area contributed by atoms with Crippen LogP contribution in [-0.2, 0) is 6.54 Å². The molecule has 84 valence electrons. The highest BCUT2D eigenvalue weighted by atomic mass is 79.9. The van der Waals surface area contributed by atoms with E-state index in [1.165, 1.54) is 10.4 Å². The van der Waals surface area contributed by atoms with Gasteiger partial charge in [0.1, 0.15) is 0 Å². The Kier molecular flexibility index (Phi) is 3.90. The van der Waals surface area contributed by atoms with Gasteiger partial charge >= 0.3 is 0 Å². The molecular formula is C12H11BrClNS. The van der Waals surface area contributed by atoms with Gasteiger partial charge in [0.2, 0.25) is 0 Å². The number of hydrogen-bond donors (Lipinski definition) is 1. The molecule has 4 heteroatoms. The maximum atomic E-state index is 6.12. The molecule has 1 heterocycles. The lowest BCUT2D eigenvalue weighted by Crippen LogP contribution is -1.99. The topological polar surface area (TPSA) is 12.0 Å². The highest BCUT2D eigenvalue weighted by Crippen LogP contribution is 2.26. The Morgan fingerprint density at radius 1 is 1.38 bits per heavy atom. The molecule has 0 radical (unpaired) electrons. The van der Waals surface area contributed by atoms with Crippen molar-refractivity contribution < 1.29 is 0 Å². The van der Waals surface area contributed by atoms with Gasteiger partial charge in [0.15, 0.2) is 0 Å². The highest BCUT2D eigenvalue weighted by molar-refractivity contribution is 9.10. The van der Waals surface area contributed by atoms with Gasteiger partial charge in [-0.3, -0.25) is 0 Å². The standard InChI is InChI=1S/C12H11BrClNS/c1-8-4-5-16-12(8)7-15-11-3-2-9(13)6-10(11)14/h2-6,15H,7H2,1H3. The second-order valence-corrected chi connectivity index (χ2v) is 5.83. The normalized spacial score (nSPS) is 10.4. The van der Waals surface area contributed by atoms with Crippen LogP contribution in [0.3, 0.4) is 0 Å². The summed E-state index contributed by atoms with van der Waals surface area (Å²) in [5, 5.41) is 6.19. The zero-order chi connectivity index (χ0) is 11.5. The first-order valence-electron chi connectivity index (χ1n) is 4.88. The van der Waals surface area contributed by atoms with E-state index in [-0.39, 0.29) is 0 Å². The van der Waals surface area contributed by atoms with Gasteiger partial charge in [-0.25, -0.2) is 0 Å². The fourth-order valence-electron chi connectivity index (χ4n) is 1.39. The van der Waals surface area contributed by atoms with Crippen molar-refractivity contribution >= 4 is 44.6 Å². The Bertz CT molecular complexity index is 496. The van der Waals surface area contributed by atoms with Crippen molar-refractivity contribution in [1.82, 2.24) is 0 Å². The van der Waals surface area contributed by atoms with Crippen LogP contribution >= 0.6 is 38.9 Å². The van der Waals surface area contributed by atoms with Crippen LogP contribution in [0.4, 0.5) is 5.69 Å². The van der Waals surface area contributed by atoms with E-state index < -0.39 is 0 Å². The summed E-state index contributed by atoms with van der Waals surface area (Å²) < 4.78 is 0.996. The zero-order valence-electron chi connectivity index (χ0n) is 8.76. The fraction of sp³-hybridized carbons (Fsp3) is 0.167. The number of nitrogens with one attached hydrogen (secondary N) is 1. The SMILES string of the molecule is Cc1ccsc1CNc1ccc(Br)cc1Cl. The van der Waals surface area contributed by atoms with Crippen LogP contribution in [0.5, 0.6) is 0 Å². The molecule has 0 atom stereocenters. The molecule has 2 rings (SSSR count). The number of aryl methyl sites for hydroxylation is 1. The molecule has 0 amide bonds. The van der Waals surface area contributed by atoms with E-state index in [0.717, 1.165) is 21.7 Å². The second kappa shape index (κ2) is 5.21.